The molecule has 0 spiro atoms. The molecule has 0 bridgehead atoms. The van der Waals surface area contributed by atoms with Gasteiger partial charge in [-0.3, -0.25) is 4.98 Å². The topological polar surface area (TPSA) is 12.9 Å². The number of rotatable bonds is 14. The summed E-state index contributed by atoms with van der Waals surface area (Å²) in [6, 6.07) is 31.8. The second-order valence-electron chi connectivity index (χ2n) is 11.1. The van der Waals surface area contributed by atoms with Crippen LogP contribution in [0.25, 0.3) is 39.6 Å². The molecule has 0 N–H and O–H groups in total. The Hall–Kier alpha value is -5.71. The van der Waals surface area contributed by atoms with Crippen LogP contribution in [0.2, 0.25) is 0 Å². The van der Waals surface area contributed by atoms with Gasteiger partial charge in [-0.05, 0) is 81.5 Å². The Morgan fingerprint density at radius 3 is 2.02 bits per heavy atom. The van der Waals surface area contributed by atoms with Crippen molar-refractivity contribution in [2.75, 3.05) is 0 Å². The lowest BCUT2D eigenvalue weighted by molar-refractivity contribution is 0.779. The number of terminal acetylenes is 1. The van der Waals surface area contributed by atoms with Crippen molar-refractivity contribution in [3.05, 3.63) is 194 Å². The van der Waals surface area contributed by atoms with Crippen LogP contribution >= 0.6 is 0 Å². The number of pyridine rings is 1. The van der Waals surface area contributed by atoms with Gasteiger partial charge >= 0.3 is 0 Å². The molecule has 0 unspecified atom stereocenters. The van der Waals surface area contributed by atoms with E-state index in [1.165, 1.54) is 11.1 Å². The van der Waals surface area contributed by atoms with E-state index in [9.17, 15) is 0 Å². The molecule has 1 heteroatoms. The van der Waals surface area contributed by atoms with Crippen molar-refractivity contribution in [3.63, 3.8) is 0 Å². The molecule has 0 radical (unpaired) electrons. The molecule has 1 heterocycles. The number of benzene rings is 3. The van der Waals surface area contributed by atoms with Crippen molar-refractivity contribution in [1.82, 2.24) is 4.98 Å². The maximum atomic E-state index is 5.10. The third kappa shape index (κ3) is 9.89. The van der Waals surface area contributed by atoms with Crippen molar-refractivity contribution in [3.8, 4) is 35.2 Å². The maximum absolute atomic E-state index is 5.10. The van der Waals surface area contributed by atoms with E-state index in [1.807, 2.05) is 31.2 Å². The van der Waals surface area contributed by atoms with Gasteiger partial charge in [0.1, 0.15) is 0 Å². The predicted molar refractivity (Wildman–Crippen MR) is 208 cm³/mol. The van der Waals surface area contributed by atoms with Gasteiger partial charge in [-0.1, -0.05) is 161 Å². The molecule has 3 aromatic carbocycles. The minimum atomic E-state index is 0.225. The molecule has 0 aliphatic rings. The van der Waals surface area contributed by atoms with Gasteiger partial charge in [-0.2, -0.15) is 0 Å². The standard InChI is InChI=1S/C44H43N.C2H2/c1-8-16-36(10-3)37(11-4)19-15-20-43-30-42(33(6)29-32(5)34(7)38-23-21-35(9-2)22-24-38)31-44(45-43)41-27-25-40(26-28-41)39-17-13-12-14-18-39;1-2/h8-19,21-28,30-32H,1-3,6-7,20,29H2,4-5H3;1-2H/b19-15-,36-16+,37-11+;/t32-;/m1./s1. The van der Waals surface area contributed by atoms with Crippen LogP contribution in [-0.4, -0.2) is 4.98 Å². The molecule has 1 atom stereocenters. The fourth-order valence-electron chi connectivity index (χ4n) is 5.31. The molecule has 0 amide bonds. The van der Waals surface area contributed by atoms with E-state index in [2.05, 4.69) is 156 Å². The van der Waals surface area contributed by atoms with Crippen molar-refractivity contribution < 1.29 is 0 Å². The second kappa shape index (κ2) is 18.3. The average molecular weight is 612 g/mol. The Balaban J connectivity index is 0.00000294. The zero-order valence-corrected chi connectivity index (χ0v) is 27.8. The van der Waals surface area contributed by atoms with Crippen LogP contribution in [0.3, 0.4) is 0 Å². The van der Waals surface area contributed by atoms with Gasteiger partial charge < -0.3 is 0 Å². The molecule has 4 aromatic rings. The third-order valence-corrected chi connectivity index (χ3v) is 8.03. The van der Waals surface area contributed by atoms with E-state index < -0.39 is 0 Å². The lowest BCUT2D eigenvalue weighted by Crippen LogP contribution is -2.01. The zero-order valence-electron chi connectivity index (χ0n) is 27.8. The number of allylic oxidation sites excluding steroid dienone is 10. The first-order valence-electron chi connectivity index (χ1n) is 15.7. The summed E-state index contributed by atoms with van der Waals surface area (Å²) in [4.78, 5) is 5.10. The molecule has 4 rings (SSSR count). The fourth-order valence-corrected chi connectivity index (χ4v) is 5.31. The summed E-state index contributed by atoms with van der Waals surface area (Å²) in [5.74, 6) is 0.225. The zero-order chi connectivity index (χ0) is 34.2. The first kappa shape index (κ1) is 35.8. The van der Waals surface area contributed by atoms with Gasteiger partial charge in [0.15, 0.2) is 0 Å². The Morgan fingerprint density at radius 2 is 1.43 bits per heavy atom. The molecule has 47 heavy (non-hydrogen) atoms. The van der Waals surface area contributed by atoms with Gasteiger partial charge in [0.05, 0.1) is 5.69 Å². The molecule has 234 valence electrons. The van der Waals surface area contributed by atoms with Crippen molar-refractivity contribution in [2.24, 2.45) is 5.92 Å². The maximum Gasteiger partial charge on any atom is 0.0711 e. The summed E-state index contributed by atoms with van der Waals surface area (Å²) in [7, 11) is 0. The van der Waals surface area contributed by atoms with Crippen LogP contribution in [0.15, 0.2) is 171 Å². The number of hydrogen-bond acceptors (Lipinski definition) is 1. The van der Waals surface area contributed by atoms with Gasteiger partial charge in [0, 0.05) is 17.7 Å². The Labute approximate surface area is 283 Å². The summed E-state index contributed by atoms with van der Waals surface area (Å²) >= 11 is 0. The highest BCUT2D eigenvalue weighted by Gasteiger charge is 2.14. The number of nitrogens with zero attached hydrogens (tertiary/aromatic N) is 1. The molecule has 0 aliphatic carbocycles. The van der Waals surface area contributed by atoms with Crippen LogP contribution in [-0.2, 0) is 6.42 Å². The molecule has 1 aromatic heterocycles. The average Bonchev–Trinajstić information content (AvgIpc) is 3.13. The monoisotopic (exact) mass is 611 g/mol. The van der Waals surface area contributed by atoms with E-state index in [0.717, 1.165) is 62.4 Å². The van der Waals surface area contributed by atoms with E-state index in [-0.39, 0.29) is 5.92 Å². The lowest BCUT2D eigenvalue weighted by atomic mass is 9.87. The molecule has 1 nitrogen and oxygen atoms in total. The van der Waals surface area contributed by atoms with Crippen molar-refractivity contribution >= 4 is 17.2 Å². The van der Waals surface area contributed by atoms with Crippen LogP contribution in [0, 0.1) is 18.8 Å². The normalized spacial score (nSPS) is 12.0. The van der Waals surface area contributed by atoms with Gasteiger partial charge in [-0.25, -0.2) is 0 Å². The first-order chi connectivity index (χ1) is 22.9. The smallest absolute Gasteiger partial charge is 0.0711 e. The van der Waals surface area contributed by atoms with Crippen molar-refractivity contribution in [2.45, 2.75) is 26.7 Å². The fraction of sp³-hybridized carbons (Fsp3) is 0.109. The van der Waals surface area contributed by atoms with Gasteiger partial charge in [0.2, 0.25) is 0 Å². The van der Waals surface area contributed by atoms with Gasteiger partial charge in [0.25, 0.3) is 0 Å². The van der Waals surface area contributed by atoms with E-state index in [4.69, 9.17) is 4.98 Å². The highest BCUT2D eigenvalue weighted by atomic mass is 14.7. The Kier molecular flexibility index (Phi) is 13.9. The van der Waals surface area contributed by atoms with Crippen LogP contribution < -0.4 is 0 Å². The van der Waals surface area contributed by atoms with Crippen LogP contribution in [0.4, 0.5) is 0 Å². The summed E-state index contributed by atoms with van der Waals surface area (Å²) in [6.45, 7) is 24.9. The molecular weight excluding hydrogens is 567 g/mol. The lowest BCUT2D eigenvalue weighted by Gasteiger charge is -2.18. The SMILES string of the molecule is C#C.C=C/C=C(C=C)/C(/C=C\Cc1cc(C(=C)C[C@@H](C)C(=C)c2ccc(C=C)cc2)cc(-c2ccc(-c3ccccc3)cc2)n1)=C/C. The molecule has 0 saturated heterocycles. The largest absolute Gasteiger partial charge is 0.252 e. The van der Waals surface area contributed by atoms with E-state index in [0.29, 0.717) is 6.42 Å². The Morgan fingerprint density at radius 1 is 0.787 bits per heavy atom. The highest BCUT2D eigenvalue weighted by Crippen LogP contribution is 2.32. The minimum Gasteiger partial charge on any atom is -0.252 e. The highest BCUT2D eigenvalue weighted by molar-refractivity contribution is 5.75. The van der Waals surface area contributed by atoms with Crippen LogP contribution in [0.5, 0.6) is 0 Å². The number of aromatic nitrogens is 1. The van der Waals surface area contributed by atoms with E-state index in [1.54, 1.807) is 6.08 Å². The third-order valence-electron chi connectivity index (χ3n) is 8.03. The Bertz CT molecular complexity index is 1800. The van der Waals surface area contributed by atoms with Gasteiger partial charge in [-0.15, -0.1) is 12.8 Å². The van der Waals surface area contributed by atoms with Crippen molar-refractivity contribution in [1.29, 1.82) is 0 Å². The molecular formula is C46H45N. The molecule has 0 saturated carbocycles. The molecule has 0 fully saturated rings. The first-order valence-corrected chi connectivity index (χ1v) is 15.7. The summed E-state index contributed by atoms with van der Waals surface area (Å²) in [6.07, 6.45) is 23.3. The minimum absolute atomic E-state index is 0.225. The van der Waals surface area contributed by atoms with Crippen LogP contribution in [0.1, 0.15) is 42.7 Å². The summed E-state index contributed by atoms with van der Waals surface area (Å²) in [5, 5.41) is 0. The van der Waals surface area contributed by atoms with E-state index >= 15 is 0 Å². The summed E-state index contributed by atoms with van der Waals surface area (Å²) in [5.41, 5.74) is 13.0. The predicted octanol–water partition coefficient (Wildman–Crippen LogP) is 12.4. The summed E-state index contributed by atoms with van der Waals surface area (Å²) < 4.78 is 0. The quantitative estimate of drug-likeness (QED) is 0.102. The molecule has 0 aliphatic heterocycles. The second-order valence-corrected chi connectivity index (χ2v) is 11.1. The number of hydrogen-bond donors (Lipinski definition) is 0.